The van der Waals surface area contributed by atoms with Crippen LogP contribution in [0.25, 0.3) is 0 Å². The first kappa shape index (κ1) is 33.1. The number of unbranched alkanes of at least 4 members (excludes halogenated alkanes) is 14. The third-order valence-corrected chi connectivity index (χ3v) is 6.48. The van der Waals surface area contributed by atoms with Crippen LogP contribution in [0.1, 0.15) is 116 Å². The number of carbonyl (C=O) groups is 2. The van der Waals surface area contributed by atoms with E-state index in [2.05, 4.69) is 34.2 Å². The molecule has 6 nitrogen and oxygen atoms in total. The summed E-state index contributed by atoms with van der Waals surface area (Å²) in [5.41, 5.74) is 5.15. The van der Waals surface area contributed by atoms with E-state index >= 15 is 0 Å². The van der Waals surface area contributed by atoms with Crippen molar-refractivity contribution in [3.63, 3.8) is 0 Å². The molecule has 0 saturated heterocycles. The van der Waals surface area contributed by atoms with Crippen molar-refractivity contribution in [3.8, 4) is 0 Å². The van der Waals surface area contributed by atoms with E-state index in [1.165, 1.54) is 64.2 Å². The molecule has 0 aliphatic rings. The van der Waals surface area contributed by atoms with Gasteiger partial charge in [0.15, 0.2) is 0 Å². The van der Waals surface area contributed by atoms with Crippen molar-refractivity contribution >= 4 is 36.0 Å². The van der Waals surface area contributed by atoms with Crippen LogP contribution in [0.5, 0.6) is 0 Å². The Labute approximate surface area is 218 Å². The molecule has 0 aromatic rings. The number of hydrogen-bond acceptors (Lipinski definition) is 5. The summed E-state index contributed by atoms with van der Waals surface area (Å²) in [6, 6.07) is 0. The molecule has 0 heterocycles. The summed E-state index contributed by atoms with van der Waals surface area (Å²) in [4.78, 5) is 23.6. The Balaban J connectivity index is 3.42. The molecule has 0 radical (unpaired) electrons. The molecule has 0 rings (SSSR count). The van der Waals surface area contributed by atoms with Crippen LogP contribution in [0.4, 0.5) is 0 Å². The summed E-state index contributed by atoms with van der Waals surface area (Å²) in [6.07, 6.45) is 27.2. The minimum Gasteiger partial charge on any atom is -0.273 e. The SMILES string of the molecule is C=CCCCCCCCC/C=N\NC(=O)CCSCCC(=O)N/N=C/CCCCCCCCC=C. The molecular weight excluding hydrogens is 456 g/mol. The summed E-state index contributed by atoms with van der Waals surface area (Å²) >= 11 is 1.59. The Morgan fingerprint density at radius 1 is 0.571 bits per heavy atom. The van der Waals surface area contributed by atoms with Gasteiger partial charge in [0.25, 0.3) is 0 Å². The van der Waals surface area contributed by atoms with Crippen molar-refractivity contribution < 1.29 is 9.59 Å². The molecule has 200 valence electrons. The summed E-state index contributed by atoms with van der Waals surface area (Å²) in [5, 5.41) is 8.02. The van der Waals surface area contributed by atoms with Crippen molar-refractivity contribution in [1.82, 2.24) is 10.9 Å². The van der Waals surface area contributed by atoms with Gasteiger partial charge in [0.2, 0.25) is 11.8 Å². The molecule has 0 saturated carbocycles. The zero-order chi connectivity index (χ0) is 25.7. The summed E-state index contributed by atoms with van der Waals surface area (Å²) in [7, 11) is 0. The average molecular weight is 507 g/mol. The predicted molar refractivity (Wildman–Crippen MR) is 154 cm³/mol. The smallest absolute Gasteiger partial charge is 0.240 e. The molecule has 2 amide bonds. The lowest BCUT2D eigenvalue weighted by atomic mass is 10.1. The van der Waals surface area contributed by atoms with Crippen molar-refractivity contribution in [2.75, 3.05) is 11.5 Å². The second-order valence-electron chi connectivity index (χ2n) is 8.78. The van der Waals surface area contributed by atoms with Gasteiger partial charge in [0, 0.05) is 36.8 Å². The lowest BCUT2D eigenvalue weighted by Crippen LogP contribution is -2.19. The molecule has 0 bridgehead atoms. The second-order valence-corrected chi connectivity index (χ2v) is 10.0. The number of nitrogens with one attached hydrogen (secondary N) is 2. The molecular formula is C28H50N4O2S. The van der Waals surface area contributed by atoms with Crippen LogP contribution in [-0.4, -0.2) is 35.7 Å². The third kappa shape index (κ3) is 28.2. The third-order valence-electron chi connectivity index (χ3n) is 5.49. The average Bonchev–Trinajstić information content (AvgIpc) is 2.85. The molecule has 2 N–H and O–H groups in total. The second kappa shape index (κ2) is 28.3. The molecule has 0 unspecified atom stereocenters. The van der Waals surface area contributed by atoms with Crippen LogP contribution in [0.15, 0.2) is 35.5 Å². The van der Waals surface area contributed by atoms with Gasteiger partial charge < -0.3 is 0 Å². The minimum absolute atomic E-state index is 0.0817. The van der Waals surface area contributed by atoms with E-state index in [9.17, 15) is 9.59 Å². The number of hydrazone groups is 2. The van der Waals surface area contributed by atoms with E-state index in [4.69, 9.17) is 0 Å². The van der Waals surface area contributed by atoms with Crippen LogP contribution in [0, 0.1) is 0 Å². The van der Waals surface area contributed by atoms with E-state index in [1.807, 2.05) is 12.2 Å². The standard InChI is InChI=1S/C28H50N4O2S/c1-3-5-7-9-11-13-15-17-19-23-29-31-27(33)21-25-35-26-22-28(34)32-30-24-20-18-16-14-12-10-8-6-4-2/h3-4,23-24H,1-2,5-22,25-26H2,(H,31,33)(H,32,34)/b29-23-,30-24+. The molecule has 0 atom stereocenters. The summed E-state index contributed by atoms with van der Waals surface area (Å²) in [5.74, 6) is 1.19. The van der Waals surface area contributed by atoms with Gasteiger partial charge in [-0.2, -0.15) is 22.0 Å². The number of allylic oxidation sites excluding steroid dienone is 2. The summed E-state index contributed by atoms with van der Waals surface area (Å²) < 4.78 is 0. The van der Waals surface area contributed by atoms with Gasteiger partial charge in [0.1, 0.15) is 0 Å². The molecule has 0 aromatic heterocycles. The number of nitrogens with zero attached hydrogens (tertiary/aromatic N) is 2. The van der Waals surface area contributed by atoms with E-state index < -0.39 is 0 Å². The maximum atomic E-state index is 11.8. The van der Waals surface area contributed by atoms with E-state index in [0.29, 0.717) is 24.3 Å². The maximum Gasteiger partial charge on any atom is 0.240 e. The van der Waals surface area contributed by atoms with Crippen LogP contribution >= 0.6 is 11.8 Å². The number of amides is 2. The predicted octanol–water partition coefficient (Wildman–Crippen LogP) is 7.32. The fourth-order valence-electron chi connectivity index (χ4n) is 3.37. The Morgan fingerprint density at radius 3 is 1.29 bits per heavy atom. The fraction of sp³-hybridized carbons (Fsp3) is 0.714. The Kier molecular flexibility index (Phi) is 26.8. The molecule has 0 spiro atoms. The largest absolute Gasteiger partial charge is 0.273 e. The number of hydrogen-bond donors (Lipinski definition) is 2. The summed E-state index contributed by atoms with van der Waals surface area (Å²) in [6.45, 7) is 7.48. The Bertz CT molecular complexity index is 544. The molecule has 0 fully saturated rings. The molecule has 7 heteroatoms. The number of carbonyl (C=O) groups excluding carboxylic acids is 2. The van der Waals surface area contributed by atoms with Gasteiger partial charge in [-0.1, -0.05) is 63.5 Å². The number of rotatable bonds is 26. The quantitative estimate of drug-likeness (QED) is 0.0558. The van der Waals surface area contributed by atoms with E-state index in [-0.39, 0.29) is 11.8 Å². The van der Waals surface area contributed by atoms with Crippen molar-refractivity contribution in [3.05, 3.63) is 25.3 Å². The van der Waals surface area contributed by atoms with Crippen LogP contribution in [-0.2, 0) is 9.59 Å². The van der Waals surface area contributed by atoms with Gasteiger partial charge in [-0.15, -0.1) is 13.2 Å². The molecule has 0 aliphatic carbocycles. The van der Waals surface area contributed by atoms with E-state index in [0.717, 1.165) is 38.5 Å². The van der Waals surface area contributed by atoms with Crippen LogP contribution in [0.2, 0.25) is 0 Å². The molecule has 0 aromatic carbocycles. The Hall–Kier alpha value is -1.89. The zero-order valence-corrected chi connectivity index (χ0v) is 22.8. The van der Waals surface area contributed by atoms with Crippen molar-refractivity contribution in [1.29, 1.82) is 0 Å². The highest BCUT2D eigenvalue weighted by molar-refractivity contribution is 7.99. The highest BCUT2D eigenvalue weighted by atomic mass is 32.2. The first-order valence-corrected chi connectivity index (χ1v) is 14.8. The first-order chi connectivity index (χ1) is 17.2. The van der Waals surface area contributed by atoms with Gasteiger partial charge in [-0.25, -0.2) is 10.9 Å². The van der Waals surface area contributed by atoms with Crippen LogP contribution < -0.4 is 10.9 Å². The van der Waals surface area contributed by atoms with Crippen molar-refractivity contribution in [2.24, 2.45) is 10.2 Å². The van der Waals surface area contributed by atoms with Gasteiger partial charge in [-0.3, -0.25) is 9.59 Å². The lowest BCUT2D eigenvalue weighted by Gasteiger charge is -2.02. The van der Waals surface area contributed by atoms with Gasteiger partial charge in [-0.05, 0) is 51.4 Å². The minimum atomic E-state index is -0.0817. The topological polar surface area (TPSA) is 82.9 Å². The Morgan fingerprint density at radius 2 is 0.914 bits per heavy atom. The van der Waals surface area contributed by atoms with Gasteiger partial charge >= 0.3 is 0 Å². The zero-order valence-electron chi connectivity index (χ0n) is 22.0. The monoisotopic (exact) mass is 506 g/mol. The highest BCUT2D eigenvalue weighted by Gasteiger charge is 2.02. The first-order valence-electron chi connectivity index (χ1n) is 13.6. The van der Waals surface area contributed by atoms with Crippen LogP contribution in [0.3, 0.4) is 0 Å². The highest BCUT2D eigenvalue weighted by Crippen LogP contribution is 2.09. The maximum absolute atomic E-state index is 11.8. The normalized spacial score (nSPS) is 11.2. The van der Waals surface area contributed by atoms with E-state index in [1.54, 1.807) is 24.2 Å². The lowest BCUT2D eigenvalue weighted by molar-refractivity contribution is -0.121. The van der Waals surface area contributed by atoms with Crippen molar-refractivity contribution in [2.45, 2.75) is 116 Å². The molecule has 35 heavy (non-hydrogen) atoms. The molecule has 0 aliphatic heterocycles. The van der Waals surface area contributed by atoms with Gasteiger partial charge in [0.05, 0.1) is 0 Å². The fourth-order valence-corrected chi connectivity index (χ4v) is 4.23. The number of thioether (sulfide) groups is 1.